The third-order valence-electron chi connectivity index (χ3n) is 4.03. The fourth-order valence-electron chi connectivity index (χ4n) is 2.95. The Balaban J connectivity index is 1.85. The highest BCUT2D eigenvalue weighted by molar-refractivity contribution is 6.30. The smallest absolute Gasteiger partial charge is 0.253 e. The Morgan fingerprint density at radius 2 is 2.14 bits per heavy atom. The molecule has 0 aliphatic heterocycles. The number of aromatic nitrogens is 1. The summed E-state index contributed by atoms with van der Waals surface area (Å²) in [5.41, 5.74) is 3.52. The molecule has 1 N–H and O–H groups in total. The second-order valence-electron chi connectivity index (χ2n) is 5.61. The number of amides is 1. The first kappa shape index (κ1) is 15.0. The number of carbonyl (C=O) groups is 1. The van der Waals surface area contributed by atoms with Crippen molar-refractivity contribution in [1.82, 2.24) is 10.3 Å². The van der Waals surface area contributed by atoms with Crippen LogP contribution in [0.2, 0.25) is 5.02 Å². The van der Waals surface area contributed by atoms with Gasteiger partial charge in [-0.2, -0.15) is 0 Å². The molecule has 0 spiro atoms. The van der Waals surface area contributed by atoms with Gasteiger partial charge in [-0.25, -0.2) is 4.39 Å². The number of hydrogen-bond acceptors (Lipinski definition) is 2. The van der Waals surface area contributed by atoms with Crippen molar-refractivity contribution >= 4 is 17.5 Å². The summed E-state index contributed by atoms with van der Waals surface area (Å²) >= 11 is 5.93. The van der Waals surface area contributed by atoms with Gasteiger partial charge in [0.15, 0.2) is 0 Å². The molecule has 0 saturated carbocycles. The van der Waals surface area contributed by atoms with Gasteiger partial charge < -0.3 is 5.32 Å². The van der Waals surface area contributed by atoms with Gasteiger partial charge in [-0.05, 0) is 62.1 Å². The van der Waals surface area contributed by atoms with Crippen LogP contribution in [0.25, 0.3) is 0 Å². The average Bonchev–Trinajstić information content (AvgIpc) is 2.82. The van der Waals surface area contributed by atoms with Gasteiger partial charge in [-0.1, -0.05) is 11.6 Å². The number of hydrogen-bond donors (Lipinski definition) is 1. The van der Waals surface area contributed by atoms with Crippen molar-refractivity contribution in [1.29, 1.82) is 0 Å². The predicted octanol–water partition coefficient (Wildman–Crippen LogP) is 3.91. The molecule has 114 valence electrons. The Labute approximate surface area is 133 Å². The maximum atomic E-state index is 13.9. The van der Waals surface area contributed by atoms with Gasteiger partial charge in [0.25, 0.3) is 5.91 Å². The van der Waals surface area contributed by atoms with Gasteiger partial charge in [0.2, 0.25) is 0 Å². The van der Waals surface area contributed by atoms with Crippen LogP contribution in [0.15, 0.2) is 24.3 Å². The molecule has 0 fully saturated rings. The Bertz CT molecular complexity index is 761. The molecule has 3 rings (SSSR count). The summed E-state index contributed by atoms with van der Waals surface area (Å²) in [6, 6.07) is 6.41. The monoisotopic (exact) mass is 318 g/mol. The number of aryl methyl sites for hydroxylation is 2. The van der Waals surface area contributed by atoms with E-state index < -0.39 is 0 Å². The van der Waals surface area contributed by atoms with Crippen LogP contribution in [0.4, 0.5) is 4.39 Å². The average molecular weight is 319 g/mol. The van der Waals surface area contributed by atoms with Gasteiger partial charge in [-0.15, -0.1) is 0 Å². The fraction of sp³-hybridized carbons (Fsp3) is 0.294. The Morgan fingerprint density at radius 3 is 2.86 bits per heavy atom. The molecule has 2 aromatic rings. The number of rotatable bonds is 2. The molecule has 22 heavy (non-hydrogen) atoms. The van der Waals surface area contributed by atoms with E-state index in [0.717, 1.165) is 11.3 Å². The molecule has 0 unspecified atom stereocenters. The molecule has 1 aromatic carbocycles. The summed E-state index contributed by atoms with van der Waals surface area (Å²) in [4.78, 5) is 16.7. The first-order valence-corrected chi connectivity index (χ1v) is 7.56. The zero-order valence-corrected chi connectivity index (χ0v) is 13.2. The van der Waals surface area contributed by atoms with E-state index in [1.807, 2.05) is 6.92 Å². The second-order valence-corrected chi connectivity index (χ2v) is 6.04. The number of carbonyl (C=O) groups excluding carboxylic acids is 1. The van der Waals surface area contributed by atoms with Crippen LogP contribution in [0.3, 0.4) is 0 Å². The summed E-state index contributed by atoms with van der Waals surface area (Å²) in [6.45, 7) is 3.69. The first-order valence-electron chi connectivity index (χ1n) is 7.18. The lowest BCUT2D eigenvalue weighted by Gasteiger charge is -2.15. The molecule has 3 nitrogen and oxygen atoms in total. The van der Waals surface area contributed by atoms with Crippen molar-refractivity contribution < 1.29 is 9.18 Å². The third-order valence-corrected chi connectivity index (χ3v) is 4.25. The Hall–Kier alpha value is -1.94. The highest BCUT2D eigenvalue weighted by Gasteiger charge is 2.27. The van der Waals surface area contributed by atoms with Crippen molar-refractivity contribution in [2.24, 2.45) is 0 Å². The normalized spacial score (nSPS) is 16.5. The summed E-state index contributed by atoms with van der Waals surface area (Å²) in [7, 11) is 0. The molecule has 1 atom stereocenters. The second kappa shape index (κ2) is 5.69. The molecule has 1 heterocycles. The van der Waals surface area contributed by atoms with Gasteiger partial charge >= 0.3 is 0 Å². The minimum absolute atomic E-state index is 0.191. The lowest BCUT2D eigenvalue weighted by Crippen LogP contribution is -2.28. The molecule has 0 saturated heterocycles. The highest BCUT2D eigenvalue weighted by atomic mass is 35.5. The molecule has 1 aromatic heterocycles. The number of nitrogens with zero attached hydrogens (tertiary/aromatic N) is 1. The quantitative estimate of drug-likeness (QED) is 0.912. The van der Waals surface area contributed by atoms with Crippen LogP contribution in [-0.2, 0) is 6.42 Å². The number of pyridine rings is 1. The zero-order valence-electron chi connectivity index (χ0n) is 12.4. The first-order chi connectivity index (χ1) is 10.5. The molecule has 0 bridgehead atoms. The van der Waals surface area contributed by atoms with E-state index in [1.54, 1.807) is 25.1 Å². The van der Waals surface area contributed by atoms with Gasteiger partial charge in [-0.3, -0.25) is 9.78 Å². The van der Waals surface area contributed by atoms with Crippen LogP contribution >= 0.6 is 11.6 Å². The number of benzene rings is 1. The van der Waals surface area contributed by atoms with E-state index >= 15 is 0 Å². The summed E-state index contributed by atoms with van der Waals surface area (Å²) in [5.74, 6) is -0.490. The molecule has 0 radical (unpaired) electrons. The topological polar surface area (TPSA) is 42.0 Å². The molecule has 1 amide bonds. The van der Waals surface area contributed by atoms with Gasteiger partial charge in [0, 0.05) is 10.7 Å². The van der Waals surface area contributed by atoms with Gasteiger partial charge in [0.1, 0.15) is 5.82 Å². The summed E-state index contributed by atoms with van der Waals surface area (Å²) in [5, 5.41) is 3.31. The molecule has 1 aliphatic carbocycles. The Morgan fingerprint density at radius 1 is 1.36 bits per heavy atom. The van der Waals surface area contributed by atoms with E-state index in [0.29, 0.717) is 34.7 Å². The molecule has 1 aliphatic rings. The minimum atomic E-state index is -0.299. The van der Waals surface area contributed by atoms with E-state index in [1.165, 1.54) is 6.07 Å². The standard InChI is InChI=1S/C17H16ClFN2O/c1-9-3-4-12(10(2)20-9)17(22)21-16-6-5-13-14(16)7-11(18)8-15(13)19/h3-4,7-8,16H,5-6H2,1-2H3,(H,21,22)/t16-/m1/s1. The van der Waals surface area contributed by atoms with E-state index in [2.05, 4.69) is 10.3 Å². The van der Waals surface area contributed by atoms with Crippen molar-refractivity contribution in [3.05, 3.63) is 63.2 Å². The fourth-order valence-corrected chi connectivity index (χ4v) is 3.17. The van der Waals surface area contributed by atoms with Crippen molar-refractivity contribution in [3.8, 4) is 0 Å². The summed E-state index contributed by atoms with van der Waals surface area (Å²) < 4.78 is 13.9. The molecule has 5 heteroatoms. The molecular formula is C17H16ClFN2O. The predicted molar refractivity (Wildman–Crippen MR) is 83.6 cm³/mol. The van der Waals surface area contributed by atoms with Crippen LogP contribution < -0.4 is 5.32 Å². The number of fused-ring (bicyclic) bond motifs is 1. The summed E-state index contributed by atoms with van der Waals surface area (Å²) in [6.07, 6.45) is 1.28. The van der Waals surface area contributed by atoms with Gasteiger partial charge in [0.05, 0.1) is 17.3 Å². The minimum Gasteiger partial charge on any atom is -0.345 e. The van der Waals surface area contributed by atoms with Crippen molar-refractivity contribution in [2.45, 2.75) is 32.7 Å². The van der Waals surface area contributed by atoms with E-state index in [4.69, 9.17) is 11.6 Å². The number of halogens is 2. The lowest BCUT2D eigenvalue weighted by molar-refractivity contribution is 0.0935. The maximum absolute atomic E-state index is 13.9. The maximum Gasteiger partial charge on any atom is 0.253 e. The lowest BCUT2D eigenvalue weighted by atomic mass is 10.1. The van der Waals surface area contributed by atoms with Crippen molar-refractivity contribution in [3.63, 3.8) is 0 Å². The molecular weight excluding hydrogens is 303 g/mol. The van der Waals surface area contributed by atoms with Crippen LogP contribution in [-0.4, -0.2) is 10.9 Å². The van der Waals surface area contributed by atoms with Crippen LogP contribution in [0.5, 0.6) is 0 Å². The van der Waals surface area contributed by atoms with E-state index in [-0.39, 0.29) is 17.8 Å². The van der Waals surface area contributed by atoms with Crippen LogP contribution in [0, 0.1) is 19.7 Å². The van der Waals surface area contributed by atoms with Crippen LogP contribution in [0.1, 0.15) is 45.3 Å². The largest absolute Gasteiger partial charge is 0.345 e. The van der Waals surface area contributed by atoms with Crippen molar-refractivity contribution in [2.75, 3.05) is 0 Å². The van der Waals surface area contributed by atoms with E-state index in [9.17, 15) is 9.18 Å². The number of nitrogens with one attached hydrogen (secondary N) is 1. The third kappa shape index (κ3) is 2.71. The highest BCUT2D eigenvalue weighted by Crippen LogP contribution is 2.35. The SMILES string of the molecule is Cc1ccc(C(=O)N[C@@H]2CCc3c(F)cc(Cl)cc32)c(C)n1. The Kier molecular flexibility index (Phi) is 3.87. The zero-order chi connectivity index (χ0) is 15.9.